The molecule has 5 nitrogen and oxygen atoms in total. The molecule has 2 saturated heterocycles. The summed E-state index contributed by atoms with van der Waals surface area (Å²) in [5.41, 5.74) is 0. The highest BCUT2D eigenvalue weighted by Crippen LogP contribution is 2.34. The van der Waals surface area contributed by atoms with Gasteiger partial charge in [-0.2, -0.15) is 0 Å². The second-order valence-corrected chi connectivity index (χ2v) is 4.56. The lowest BCUT2D eigenvalue weighted by atomic mass is 9.96. The van der Waals surface area contributed by atoms with Crippen LogP contribution in [0, 0.1) is 0 Å². The number of hydrogen-bond acceptors (Lipinski definition) is 3. The minimum absolute atomic E-state index is 0.380. The van der Waals surface area contributed by atoms with Crippen molar-refractivity contribution in [3.05, 3.63) is 0 Å². The number of guanidine groups is 1. The van der Waals surface area contributed by atoms with Gasteiger partial charge in [0.15, 0.2) is 5.96 Å². The van der Waals surface area contributed by atoms with E-state index in [-0.39, 0.29) is 0 Å². The Balaban J connectivity index is 1.69. The van der Waals surface area contributed by atoms with Gasteiger partial charge in [0.1, 0.15) is 0 Å². The van der Waals surface area contributed by atoms with Crippen molar-refractivity contribution >= 4 is 5.96 Å². The molecule has 2 rings (SSSR count). The average Bonchev–Trinajstić information content (AvgIpc) is 2.95. The first-order chi connectivity index (χ1) is 8.33. The molecule has 3 unspecified atom stereocenters. The minimum atomic E-state index is 0.380. The zero-order valence-corrected chi connectivity index (χ0v) is 10.7. The number of nitrogens with zero attached hydrogens (tertiary/aromatic N) is 1. The maximum Gasteiger partial charge on any atom is 0.191 e. The Morgan fingerprint density at radius 2 is 2.35 bits per heavy atom. The van der Waals surface area contributed by atoms with Crippen molar-refractivity contribution in [3.8, 4) is 0 Å². The topological polar surface area (TPSA) is 54.9 Å². The quantitative estimate of drug-likeness (QED) is 0.418. The van der Waals surface area contributed by atoms with Gasteiger partial charge in [-0.15, -0.1) is 0 Å². The van der Waals surface area contributed by atoms with Gasteiger partial charge in [0, 0.05) is 20.2 Å². The van der Waals surface area contributed by atoms with E-state index in [4.69, 9.17) is 9.47 Å². The molecule has 0 saturated carbocycles. The fraction of sp³-hybridized carbons (Fsp3) is 0.917. The van der Waals surface area contributed by atoms with E-state index in [2.05, 4.69) is 15.6 Å². The van der Waals surface area contributed by atoms with Gasteiger partial charge < -0.3 is 20.1 Å². The van der Waals surface area contributed by atoms with E-state index in [0.717, 1.165) is 25.5 Å². The number of nitrogens with one attached hydrogen (secondary N) is 2. The predicted octanol–water partition coefficient (Wildman–Crippen LogP) is 0.508. The van der Waals surface area contributed by atoms with E-state index < -0.39 is 0 Å². The van der Waals surface area contributed by atoms with Crippen molar-refractivity contribution in [2.75, 3.05) is 26.8 Å². The van der Waals surface area contributed by atoms with Crippen molar-refractivity contribution < 1.29 is 9.47 Å². The molecule has 2 fully saturated rings. The number of fused-ring (bicyclic) bond motifs is 2. The van der Waals surface area contributed by atoms with Gasteiger partial charge in [-0.1, -0.05) is 0 Å². The lowest BCUT2D eigenvalue weighted by Crippen LogP contribution is -2.48. The molecule has 5 heteroatoms. The maximum atomic E-state index is 5.80. The molecule has 2 bridgehead atoms. The molecule has 2 aliphatic rings. The number of rotatable bonds is 5. The number of hydrogen-bond donors (Lipinski definition) is 2. The molecule has 2 aliphatic heterocycles. The van der Waals surface area contributed by atoms with Gasteiger partial charge in [-0.25, -0.2) is 0 Å². The van der Waals surface area contributed by atoms with Gasteiger partial charge in [-0.3, -0.25) is 4.99 Å². The molecule has 17 heavy (non-hydrogen) atoms. The van der Waals surface area contributed by atoms with Gasteiger partial charge >= 0.3 is 0 Å². The Hall–Kier alpha value is -0.810. The second kappa shape index (κ2) is 6.21. The van der Waals surface area contributed by atoms with Crippen molar-refractivity contribution in [1.29, 1.82) is 0 Å². The SMILES string of the molecule is CCOCCNC(=NC)NC1CC2CCC1O2. The monoisotopic (exact) mass is 241 g/mol. The van der Waals surface area contributed by atoms with Gasteiger partial charge in [-0.05, 0) is 26.2 Å². The second-order valence-electron chi connectivity index (χ2n) is 4.56. The Morgan fingerprint density at radius 3 is 2.94 bits per heavy atom. The fourth-order valence-corrected chi connectivity index (χ4v) is 2.55. The molecule has 0 radical (unpaired) electrons. The van der Waals surface area contributed by atoms with Crippen LogP contribution in [-0.4, -0.2) is 51.0 Å². The van der Waals surface area contributed by atoms with Crippen LogP contribution in [0.3, 0.4) is 0 Å². The Morgan fingerprint density at radius 1 is 1.47 bits per heavy atom. The first-order valence-corrected chi connectivity index (χ1v) is 6.54. The van der Waals surface area contributed by atoms with Crippen LogP contribution in [0.4, 0.5) is 0 Å². The highest BCUT2D eigenvalue weighted by Gasteiger charge is 2.40. The molecule has 3 atom stereocenters. The standard InChI is InChI=1S/C12H23N3O2/c1-3-16-7-6-14-12(13-2)15-10-8-9-4-5-11(10)17-9/h9-11H,3-8H2,1-2H3,(H2,13,14,15). The lowest BCUT2D eigenvalue weighted by Gasteiger charge is -2.22. The zero-order valence-electron chi connectivity index (χ0n) is 10.7. The zero-order chi connectivity index (χ0) is 12.1. The molecule has 0 aromatic rings. The van der Waals surface area contributed by atoms with Crippen molar-refractivity contribution in [1.82, 2.24) is 10.6 Å². The molecule has 0 aliphatic carbocycles. The molecular weight excluding hydrogens is 218 g/mol. The van der Waals surface area contributed by atoms with Crippen molar-refractivity contribution in [2.45, 2.75) is 44.4 Å². The van der Waals surface area contributed by atoms with Gasteiger partial charge in [0.2, 0.25) is 0 Å². The molecule has 0 aromatic carbocycles. The van der Waals surface area contributed by atoms with Crippen LogP contribution in [0.1, 0.15) is 26.2 Å². The van der Waals surface area contributed by atoms with Gasteiger partial charge in [0.25, 0.3) is 0 Å². The molecular formula is C12H23N3O2. The van der Waals surface area contributed by atoms with Gasteiger partial charge in [0.05, 0.1) is 24.9 Å². The summed E-state index contributed by atoms with van der Waals surface area (Å²) in [5.74, 6) is 0.853. The molecule has 2 heterocycles. The van der Waals surface area contributed by atoms with E-state index >= 15 is 0 Å². The molecule has 0 spiro atoms. The fourth-order valence-electron chi connectivity index (χ4n) is 2.55. The van der Waals surface area contributed by atoms with E-state index in [1.165, 1.54) is 12.8 Å². The van der Waals surface area contributed by atoms with Crippen molar-refractivity contribution in [2.24, 2.45) is 4.99 Å². The Labute approximate surface area is 103 Å². The minimum Gasteiger partial charge on any atom is -0.380 e. The van der Waals surface area contributed by atoms with Crippen LogP contribution in [0.5, 0.6) is 0 Å². The number of aliphatic imine (C=N–C) groups is 1. The summed E-state index contributed by atoms with van der Waals surface area (Å²) in [7, 11) is 1.80. The lowest BCUT2D eigenvalue weighted by molar-refractivity contribution is 0.0992. The van der Waals surface area contributed by atoms with Crippen LogP contribution in [0.15, 0.2) is 4.99 Å². The molecule has 0 aromatic heterocycles. The third kappa shape index (κ3) is 3.33. The summed E-state index contributed by atoms with van der Waals surface area (Å²) in [6.07, 6.45) is 4.36. The van der Waals surface area contributed by atoms with Crippen LogP contribution in [-0.2, 0) is 9.47 Å². The summed E-state index contributed by atoms with van der Waals surface area (Å²) in [4.78, 5) is 4.22. The maximum absolute atomic E-state index is 5.80. The normalized spacial score (nSPS) is 31.9. The summed E-state index contributed by atoms with van der Waals surface area (Å²) >= 11 is 0. The van der Waals surface area contributed by atoms with E-state index in [9.17, 15) is 0 Å². The summed E-state index contributed by atoms with van der Waals surface area (Å²) in [5, 5.41) is 6.68. The third-order valence-corrected chi connectivity index (χ3v) is 3.39. The number of ether oxygens (including phenoxy) is 2. The predicted molar refractivity (Wildman–Crippen MR) is 67.3 cm³/mol. The third-order valence-electron chi connectivity index (χ3n) is 3.39. The Bertz CT molecular complexity index is 270. The summed E-state index contributed by atoms with van der Waals surface area (Å²) < 4.78 is 11.1. The largest absolute Gasteiger partial charge is 0.380 e. The van der Waals surface area contributed by atoms with E-state index in [0.29, 0.717) is 24.9 Å². The first-order valence-electron chi connectivity index (χ1n) is 6.54. The summed E-state index contributed by atoms with van der Waals surface area (Å²) in [6, 6.07) is 0.423. The van der Waals surface area contributed by atoms with Crippen LogP contribution in [0.25, 0.3) is 0 Å². The van der Waals surface area contributed by atoms with E-state index in [1.54, 1.807) is 7.05 Å². The molecule has 98 valence electrons. The summed E-state index contributed by atoms with van der Waals surface area (Å²) in [6.45, 7) is 4.26. The average molecular weight is 241 g/mol. The smallest absolute Gasteiger partial charge is 0.191 e. The first kappa shape index (κ1) is 12.6. The molecule has 2 N–H and O–H groups in total. The highest BCUT2D eigenvalue weighted by molar-refractivity contribution is 5.80. The molecule has 0 amide bonds. The Kier molecular flexibility index (Phi) is 4.62. The van der Waals surface area contributed by atoms with Crippen molar-refractivity contribution in [3.63, 3.8) is 0 Å². The van der Waals surface area contributed by atoms with Crippen LogP contribution < -0.4 is 10.6 Å². The van der Waals surface area contributed by atoms with Crippen LogP contribution in [0.2, 0.25) is 0 Å². The van der Waals surface area contributed by atoms with Crippen LogP contribution >= 0.6 is 0 Å². The highest BCUT2D eigenvalue weighted by atomic mass is 16.5. The van der Waals surface area contributed by atoms with E-state index in [1.807, 2.05) is 6.92 Å².